The van der Waals surface area contributed by atoms with Crippen LogP contribution in [0.4, 0.5) is 4.39 Å². The van der Waals surface area contributed by atoms with E-state index in [0.29, 0.717) is 45.6 Å². The fourth-order valence-electron chi connectivity index (χ4n) is 3.89. The molecule has 0 aliphatic carbocycles. The van der Waals surface area contributed by atoms with E-state index in [0.717, 1.165) is 11.3 Å². The number of hydrogen-bond acceptors (Lipinski definition) is 6. The van der Waals surface area contributed by atoms with Crippen molar-refractivity contribution in [3.63, 3.8) is 0 Å². The number of amides is 1. The molecule has 0 spiro atoms. The second kappa shape index (κ2) is 9.73. The SMILES string of the molecule is N/C=C\C(=C/N)CN1CCC(F)(C(=O)N2CCC(Oc3cccnc3)CC2)CC1. The Labute approximate surface area is 171 Å². The molecule has 1 aromatic rings. The molecule has 0 radical (unpaired) electrons. The number of carbonyl (C=O) groups is 1. The maximum atomic E-state index is 15.4. The Kier molecular flexibility index (Phi) is 7.09. The Hall–Kier alpha value is -2.61. The second-order valence-corrected chi connectivity index (χ2v) is 7.64. The third-order valence-electron chi connectivity index (χ3n) is 5.63. The van der Waals surface area contributed by atoms with Crippen LogP contribution in [0.25, 0.3) is 0 Å². The highest BCUT2D eigenvalue weighted by Gasteiger charge is 2.44. The lowest BCUT2D eigenvalue weighted by Gasteiger charge is -2.40. The summed E-state index contributed by atoms with van der Waals surface area (Å²) in [6.07, 6.45) is 9.86. The number of carbonyl (C=O) groups excluding carboxylic acids is 1. The van der Waals surface area contributed by atoms with Crippen molar-refractivity contribution in [2.24, 2.45) is 11.5 Å². The van der Waals surface area contributed by atoms with Gasteiger partial charge in [0.05, 0.1) is 6.20 Å². The van der Waals surface area contributed by atoms with Crippen LogP contribution in [-0.2, 0) is 4.79 Å². The van der Waals surface area contributed by atoms with Gasteiger partial charge in [0, 0.05) is 64.6 Å². The summed E-state index contributed by atoms with van der Waals surface area (Å²) in [7, 11) is 0. The van der Waals surface area contributed by atoms with Gasteiger partial charge in [0.2, 0.25) is 0 Å². The van der Waals surface area contributed by atoms with E-state index < -0.39 is 5.67 Å². The maximum Gasteiger partial charge on any atom is 0.260 e. The van der Waals surface area contributed by atoms with Crippen LogP contribution >= 0.6 is 0 Å². The number of hydrogen-bond donors (Lipinski definition) is 2. The molecule has 1 amide bonds. The highest BCUT2D eigenvalue weighted by Crippen LogP contribution is 2.31. The molecule has 1 aromatic heterocycles. The van der Waals surface area contributed by atoms with Crippen LogP contribution < -0.4 is 16.2 Å². The first kappa shape index (κ1) is 21.1. The number of alkyl halides is 1. The van der Waals surface area contributed by atoms with Gasteiger partial charge in [-0.2, -0.15) is 0 Å². The number of piperidine rings is 2. The number of nitrogens with zero attached hydrogens (tertiary/aromatic N) is 3. The average Bonchev–Trinajstić information content (AvgIpc) is 2.76. The van der Waals surface area contributed by atoms with Crippen molar-refractivity contribution < 1.29 is 13.9 Å². The topological polar surface area (TPSA) is 97.7 Å². The Bertz CT molecular complexity index is 724. The van der Waals surface area contributed by atoms with Crippen molar-refractivity contribution in [3.05, 3.63) is 48.6 Å². The van der Waals surface area contributed by atoms with E-state index >= 15 is 4.39 Å². The van der Waals surface area contributed by atoms with Gasteiger partial charge in [-0.1, -0.05) is 0 Å². The number of pyridine rings is 1. The lowest BCUT2D eigenvalue weighted by molar-refractivity contribution is -0.149. The zero-order valence-electron chi connectivity index (χ0n) is 16.7. The van der Waals surface area contributed by atoms with Gasteiger partial charge in [0.15, 0.2) is 5.67 Å². The molecular weight excluding hydrogens is 373 g/mol. The van der Waals surface area contributed by atoms with Crippen molar-refractivity contribution in [2.45, 2.75) is 37.5 Å². The van der Waals surface area contributed by atoms with Crippen LogP contribution in [0.5, 0.6) is 5.75 Å². The molecule has 29 heavy (non-hydrogen) atoms. The fraction of sp³-hybridized carbons (Fsp3) is 0.524. The fourth-order valence-corrected chi connectivity index (χ4v) is 3.89. The molecule has 2 saturated heterocycles. The largest absolute Gasteiger partial charge is 0.489 e. The molecule has 3 rings (SSSR count). The number of nitrogens with two attached hydrogens (primary N) is 2. The number of aromatic nitrogens is 1. The zero-order valence-corrected chi connectivity index (χ0v) is 16.7. The highest BCUT2D eigenvalue weighted by atomic mass is 19.1. The maximum absolute atomic E-state index is 15.4. The number of rotatable bonds is 6. The molecule has 2 fully saturated rings. The second-order valence-electron chi connectivity index (χ2n) is 7.64. The summed E-state index contributed by atoms with van der Waals surface area (Å²) < 4.78 is 21.3. The van der Waals surface area contributed by atoms with Crippen LogP contribution in [0.15, 0.2) is 48.6 Å². The van der Waals surface area contributed by atoms with Crippen molar-refractivity contribution in [3.8, 4) is 5.75 Å². The average molecular weight is 404 g/mol. The number of ether oxygens (including phenoxy) is 1. The number of halogens is 1. The van der Waals surface area contributed by atoms with Gasteiger partial charge >= 0.3 is 0 Å². The predicted molar refractivity (Wildman–Crippen MR) is 110 cm³/mol. The van der Waals surface area contributed by atoms with Crippen LogP contribution in [0.1, 0.15) is 25.7 Å². The Balaban J connectivity index is 1.47. The molecule has 8 heteroatoms. The summed E-state index contributed by atoms with van der Waals surface area (Å²) in [6.45, 7) is 2.66. The lowest BCUT2D eigenvalue weighted by Crippen LogP contribution is -2.54. The van der Waals surface area contributed by atoms with E-state index in [4.69, 9.17) is 16.2 Å². The van der Waals surface area contributed by atoms with E-state index in [1.54, 1.807) is 23.4 Å². The Morgan fingerprint density at radius 2 is 2.00 bits per heavy atom. The van der Waals surface area contributed by atoms with Gasteiger partial charge in [0.1, 0.15) is 11.9 Å². The third kappa shape index (κ3) is 5.47. The smallest absolute Gasteiger partial charge is 0.260 e. The molecule has 2 aliphatic heterocycles. The highest BCUT2D eigenvalue weighted by molar-refractivity contribution is 5.85. The van der Waals surface area contributed by atoms with E-state index in [2.05, 4.69) is 9.88 Å². The van der Waals surface area contributed by atoms with Gasteiger partial charge < -0.3 is 21.1 Å². The first-order valence-corrected chi connectivity index (χ1v) is 10.1. The summed E-state index contributed by atoms with van der Waals surface area (Å²) in [5.41, 5.74) is 10.1. The van der Waals surface area contributed by atoms with Crippen molar-refractivity contribution in [1.82, 2.24) is 14.8 Å². The van der Waals surface area contributed by atoms with Crippen LogP contribution in [-0.4, -0.2) is 65.2 Å². The molecule has 7 nitrogen and oxygen atoms in total. The molecule has 3 heterocycles. The molecule has 158 valence electrons. The standard InChI is InChI=1S/C21H30FN5O2/c22-21(6-12-26(13-7-21)16-17(14-24)3-8-23)20(28)27-10-4-18(5-11-27)29-19-2-1-9-25-15-19/h1-3,8-9,14-15,18H,4-7,10-13,16,23-24H2/b8-3-,17-14+. The van der Waals surface area contributed by atoms with Crippen molar-refractivity contribution in [2.75, 3.05) is 32.7 Å². The molecule has 4 N–H and O–H groups in total. The molecule has 0 unspecified atom stereocenters. The monoisotopic (exact) mass is 403 g/mol. The van der Waals surface area contributed by atoms with Crippen molar-refractivity contribution >= 4 is 5.91 Å². The van der Waals surface area contributed by atoms with Gasteiger partial charge in [-0.3, -0.25) is 14.7 Å². The summed E-state index contributed by atoms with van der Waals surface area (Å²) in [4.78, 5) is 20.6. The molecule has 2 aliphatic rings. The first-order valence-electron chi connectivity index (χ1n) is 10.1. The number of likely N-dealkylation sites (tertiary alicyclic amines) is 2. The molecular formula is C21H30FN5O2. The van der Waals surface area contributed by atoms with E-state index in [-0.39, 0.29) is 24.9 Å². The quantitative estimate of drug-likeness (QED) is 0.700. The minimum Gasteiger partial charge on any atom is -0.489 e. The van der Waals surface area contributed by atoms with Gasteiger partial charge in [0.25, 0.3) is 5.91 Å². The Morgan fingerprint density at radius 1 is 1.28 bits per heavy atom. The first-order chi connectivity index (χ1) is 14.0. The van der Waals surface area contributed by atoms with Gasteiger partial charge in [-0.05, 0) is 36.2 Å². The van der Waals surface area contributed by atoms with Crippen LogP contribution in [0.2, 0.25) is 0 Å². The summed E-state index contributed by atoms with van der Waals surface area (Å²) in [6, 6.07) is 3.69. The van der Waals surface area contributed by atoms with Gasteiger partial charge in [-0.15, -0.1) is 0 Å². The van der Waals surface area contributed by atoms with E-state index in [9.17, 15) is 4.79 Å². The molecule has 0 bridgehead atoms. The lowest BCUT2D eigenvalue weighted by atomic mass is 9.90. The van der Waals surface area contributed by atoms with Crippen molar-refractivity contribution in [1.29, 1.82) is 0 Å². The Morgan fingerprint density at radius 3 is 2.59 bits per heavy atom. The van der Waals surface area contributed by atoms with E-state index in [1.165, 1.54) is 12.4 Å². The molecule has 0 aromatic carbocycles. The minimum absolute atomic E-state index is 0.0257. The summed E-state index contributed by atoms with van der Waals surface area (Å²) in [5.74, 6) is 0.343. The zero-order chi connectivity index (χ0) is 20.7. The molecule has 0 saturated carbocycles. The summed E-state index contributed by atoms with van der Waals surface area (Å²) >= 11 is 0. The molecule has 0 atom stereocenters. The minimum atomic E-state index is -1.79. The van der Waals surface area contributed by atoms with E-state index in [1.807, 2.05) is 12.1 Å². The normalized spacial score (nSPS) is 21.4. The predicted octanol–water partition coefficient (Wildman–Crippen LogP) is 1.57. The van der Waals surface area contributed by atoms with Gasteiger partial charge in [-0.25, -0.2) is 4.39 Å². The van der Waals surface area contributed by atoms with Crippen LogP contribution in [0, 0.1) is 0 Å². The summed E-state index contributed by atoms with van der Waals surface area (Å²) in [5, 5.41) is 0. The third-order valence-corrected chi connectivity index (χ3v) is 5.63. The van der Waals surface area contributed by atoms with Crippen LogP contribution in [0.3, 0.4) is 0 Å².